The summed E-state index contributed by atoms with van der Waals surface area (Å²) >= 11 is 5.69. The van der Waals surface area contributed by atoms with Crippen LogP contribution in [0.15, 0.2) is 18.2 Å². The molecule has 20 heavy (non-hydrogen) atoms. The molecule has 1 fully saturated rings. The summed E-state index contributed by atoms with van der Waals surface area (Å²) in [5.74, 6) is 0.429. The summed E-state index contributed by atoms with van der Waals surface area (Å²) in [7, 11) is 0. The van der Waals surface area contributed by atoms with Gasteiger partial charge in [-0.15, -0.1) is 0 Å². The minimum atomic E-state index is -0.479. The largest absolute Gasteiger partial charge is 0.326 e. The van der Waals surface area contributed by atoms with Crippen LogP contribution in [0.1, 0.15) is 26.2 Å². The van der Waals surface area contributed by atoms with E-state index in [0.717, 1.165) is 25.9 Å². The van der Waals surface area contributed by atoms with Gasteiger partial charge in [-0.05, 0) is 56.0 Å². The van der Waals surface area contributed by atoms with Crippen LogP contribution in [0.25, 0.3) is 0 Å². The molecule has 1 saturated heterocycles. The molecule has 0 aliphatic carbocycles. The number of carbonyl (C=O) groups excluding carboxylic acids is 1. The monoisotopic (exact) mass is 298 g/mol. The molecule has 110 valence electrons. The van der Waals surface area contributed by atoms with Crippen LogP contribution in [0, 0.1) is 17.7 Å². The van der Waals surface area contributed by atoms with Crippen LogP contribution in [0.2, 0.25) is 5.02 Å². The van der Waals surface area contributed by atoms with Crippen molar-refractivity contribution >= 4 is 23.2 Å². The summed E-state index contributed by atoms with van der Waals surface area (Å²) in [4.78, 5) is 12.0. The Morgan fingerprint density at radius 2 is 2.20 bits per heavy atom. The number of halogens is 2. The van der Waals surface area contributed by atoms with E-state index < -0.39 is 5.82 Å². The number of hydrogen-bond donors (Lipinski definition) is 2. The molecule has 1 aliphatic heterocycles. The summed E-state index contributed by atoms with van der Waals surface area (Å²) in [5.41, 5.74) is 0.541. The number of piperidine rings is 1. The molecule has 2 rings (SSSR count). The van der Waals surface area contributed by atoms with E-state index in [9.17, 15) is 9.18 Å². The highest BCUT2D eigenvalue weighted by Crippen LogP contribution is 2.25. The summed E-state index contributed by atoms with van der Waals surface area (Å²) < 4.78 is 13.0. The highest BCUT2D eigenvalue weighted by Gasteiger charge is 2.22. The minimum Gasteiger partial charge on any atom is -0.326 e. The van der Waals surface area contributed by atoms with Gasteiger partial charge in [-0.1, -0.05) is 18.5 Å². The topological polar surface area (TPSA) is 41.1 Å². The van der Waals surface area contributed by atoms with Crippen molar-refractivity contribution < 1.29 is 9.18 Å². The Hall–Kier alpha value is -1.13. The van der Waals surface area contributed by atoms with Crippen molar-refractivity contribution in [2.24, 2.45) is 11.8 Å². The molecule has 0 radical (unpaired) electrons. The van der Waals surface area contributed by atoms with Crippen molar-refractivity contribution in [1.29, 1.82) is 0 Å². The fraction of sp³-hybridized carbons (Fsp3) is 0.533. The number of nitrogens with one attached hydrogen (secondary N) is 2. The smallest absolute Gasteiger partial charge is 0.224 e. The lowest BCUT2D eigenvalue weighted by Gasteiger charge is -2.27. The van der Waals surface area contributed by atoms with Gasteiger partial charge in [0.1, 0.15) is 5.82 Å². The predicted octanol–water partition coefficient (Wildman–Crippen LogP) is 3.44. The van der Waals surface area contributed by atoms with Crippen LogP contribution < -0.4 is 10.6 Å². The second kappa shape index (κ2) is 7.04. The lowest BCUT2D eigenvalue weighted by molar-refractivity contribution is -0.117. The average molecular weight is 299 g/mol. The molecule has 2 N–H and O–H groups in total. The molecule has 1 atom stereocenters. The maximum Gasteiger partial charge on any atom is 0.224 e. The molecular formula is C15H20ClFN2O. The van der Waals surface area contributed by atoms with Gasteiger partial charge < -0.3 is 10.6 Å². The molecular weight excluding hydrogens is 279 g/mol. The molecule has 1 aromatic rings. The van der Waals surface area contributed by atoms with Crippen LogP contribution in [0.5, 0.6) is 0 Å². The van der Waals surface area contributed by atoms with E-state index in [4.69, 9.17) is 11.6 Å². The first kappa shape index (κ1) is 15.3. The zero-order chi connectivity index (χ0) is 14.5. The van der Waals surface area contributed by atoms with Crippen molar-refractivity contribution in [2.75, 3.05) is 18.4 Å². The van der Waals surface area contributed by atoms with Crippen LogP contribution in [-0.4, -0.2) is 19.0 Å². The summed E-state index contributed by atoms with van der Waals surface area (Å²) in [6, 6.07) is 4.21. The number of hydrogen-bond acceptors (Lipinski definition) is 2. The highest BCUT2D eigenvalue weighted by atomic mass is 35.5. The van der Waals surface area contributed by atoms with E-state index in [0.29, 0.717) is 23.9 Å². The lowest BCUT2D eigenvalue weighted by atomic mass is 9.84. The number of rotatable bonds is 4. The Balaban J connectivity index is 1.86. The second-order valence-corrected chi connectivity index (χ2v) is 5.85. The van der Waals surface area contributed by atoms with Gasteiger partial charge in [-0.3, -0.25) is 4.79 Å². The van der Waals surface area contributed by atoms with Gasteiger partial charge in [0.2, 0.25) is 5.91 Å². The van der Waals surface area contributed by atoms with Crippen LogP contribution in [-0.2, 0) is 4.79 Å². The Morgan fingerprint density at radius 3 is 2.85 bits per heavy atom. The molecule has 3 nitrogen and oxygen atoms in total. The quantitative estimate of drug-likeness (QED) is 0.894. The molecule has 0 spiro atoms. The Morgan fingerprint density at radius 1 is 1.50 bits per heavy atom. The van der Waals surface area contributed by atoms with E-state index in [1.165, 1.54) is 18.2 Å². The van der Waals surface area contributed by atoms with Crippen LogP contribution in [0.3, 0.4) is 0 Å². The SMILES string of the molecule is CC(CC(=O)Nc1ccc(F)c(Cl)c1)C1CCNCC1. The summed E-state index contributed by atoms with van der Waals surface area (Å²) in [5, 5.41) is 6.12. The Labute approximate surface area is 123 Å². The fourth-order valence-electron chi connectivity index (χ4n) is 2.66. The average Bonchev–Trinajstić information content (AvgIpc) is 2.44. The van der Waals surface area contributed by atoms with Gasteiger partial charge in [0.15, 0.2) is 0 Å². The van der Waals surface area contributed by atoms with E-state index >= 15 is 0 Å². The fourth-order valence-corrected chi connectivity index (χ4v) is 2.84. The molecule has 0 bridgehead atoms. The Bertz CT molecular complexity index is 475. The second-order valence-electron chi connectivity index (χ2n) is 5.45. The van der Waals surface area contributed by atoms with Crippen molar-refractivity contribution in [1.82, 2.24) is 5.32 Å². The zero-order valence-corrected chi connectivity index (χ0v) is 12.3. The third kappa shape index (κ3) is 4.18. The zero-order valence-electron chi connectivity index (χ0n) is 11.6. The van der Waals surface area contributed by atoms with E-state index in [-0.39, 0.29) is 10.9 Å². The van der Waals surface area contributed by atoms with Gasteiger partial charge in [0.25, 0.3) is 0 Å². The Kier molecular flexibility index (Phi) is 5.38. The van der Waals surface area contributed by atoms with Crippen molar-refractivity contribution in [3.8, 4) is 0 Å². The summed E-state index contributed by atoms with van der Waals surface area (Å²) in [6.07, 6.45) is 2.73. The van der Waals surface area contributed by atoms with Crippen LogP contribution in [0.4, 0.5) is 10.1 Å². The molecule has 0 saturated carbocycles. The normalized spacial score (nSPS) is 17.8. The lowest BCUT2D eigenvalue weighted by Crippen LogP contribution is -2.32. The number of amides is 1. The standard InChI is InChI=1S/C15H20ClFN2O/c1-10(11-4-6-18-7-5-11)8-15(20)19-12-2-3-14(17)13(16)9-12/h2-3,9-11,18H,4-8H2,1H3,(H,19,20). The number of carbonyl (C=O) groups is 1. The number of benzene rings is 1. The highest BCUT2D eigenvalue weighted by molar-refractivity contribution is 6.31. The van der Waals surface area contributed by atoms with Gasteiger partial charge in [-0.2, -0.15) is 0 Å². The molecule has 1 unspecified atom stereocenters. The molecule has 1 aliphatic rings. The maximum absolute atomic E-state index is 13.0. The van der Waals surface area contributed by atoms with Crippen molar-refractivity contribution in [2.45, 2.75) is 26.2 Å². The van der Waals surface area contributed by atoms with Gasteiger partial charge in [0, 0.05) is 12.1 Å². The molecule has 1 amide bonds. The molecule has 1 heterocycles. The van der Waals surface area contributed by atoms with E-state index in [1.807, 2.05) is 0 Å². The first-order valence-corrected chi connectivity index (χ1v) is 7.39. The minimum absolute atomic E-state index is 0.0224. The first-order chi connectivity index (χ1) is 9.56. The van der Waals surface area contributed by atoms with Crippen LogP contribution >= 0.6 is 11.6 Å². The van der Waals surface area contributed by atoms with Gasteiger partial charge in [0.05, 0.1) is 5.02 Å². The molecule has 1 aromatic carbocycles. The van der Waals surface area contributed by atoms with E-state index in [2.05, 4.69) is 17.6 Å². The third-order valence-electron chi connectivity index (χ3n) is 3.90. The van der Waals surface area contributed by atoms with E-state index in [1.54, 1.807) is 0 Å². The number of anilines is 1. The molecule has 0 aromatic heterocycles. The summed E-state index contributed by atoms with van der Waals surface area (Å²) in [6.45, 7) is 4.18. The van der Waals surface area contributed by atoms with Crippen molar-refractivity contribution in [3.05, 3.63) is 29.0 Å². The van der Waals surface area contributed by atoms with Gasteiger partial charge >= 0.3 is 0 Å². The third-order valence-corrected chi connectivity index (χ3v) is 4.19. The maximum atomic E-state index is 13.0. The van der Waals surface area contributed by atoms with Gasteiger partial charge in [-0.25, -0.2) is 4.39 Å². The van der Waals surface area contributed by atoms with Crippen molar-refractivity contribution in [3.63, 3.8) is 0 Å². The molecule has 5 heteroatoms. The first-order valence-electron chi connectivity index (χ1n) is 7.02. The predicted molar refractivity (Wildman–Crippen MR) is 79.4 cm³/mol.